The van der Waals surface area contributed by atoms with Gasteiger partial charge in [-0.3, -0.25) is 14.9 Å². The highest BCUT2D eigenvalue weighted by Gasteiger charge is 2.57. The number of nitro benzene ring substituents is 1. The molecule has 3 atom stereocenters. The van der Waals surface area contributed by atoms with Crippen LogP contribution < -0.4 is 4.74 Å². The summed E-state index contributed by atoms with van der Waals surface area (Å²) in [5.74, 6) is 0.765. The fraction of sp³-hybridized carbons (Fsp3) is 0.500. The van der Waals surface area contributed by atoms with Crippen LogP contribution in [0.4, 0.5) is 5.69 Å². The summed E-state index contributed by atoms with van der Waals surface area (Å²) < 4.78 is 17.1. The first-order valence-electron chi connectivity index (χ1n) is 8.26. The second-order valence-electron chi connectivity index (χ2n) is 6.97. The van der Waals surface area contributed by atoms with Crippen LogP contribution in [0.1, 0.15) is 38.4 Å². The van der Waals surface area contributed by atoms with Gasteiger partial charge in [-0.05, 0) is 19.9 Å². The van der Waals surface area contributed by atoms with Gasteiger partial charge in [0.15, 0.2) is 17.5 Å². The first kappa shape index (κ1) is 18.3. The van der Waals surface area contributed by atoms with Gasteiger partial charge in [-0.1, -0.05) is 0 Å². The molecule has 2 aliphatic rings. The van der Waals surface area contributed by atoms with Crippen molar-refractivity contribution in [3.63, 3.8) is 0 Å². The number of ether oxygens (including phenoxy) is 3. The lowest BCUT2D eigenvalue weighted by molar-refractivity contribution is -0.385. The lowest BCUT2D eigenvalue weighted by Crippen LogP contribution is -2.62. The fourth-order valence-electron chi connectivity index (χ4n) is 3.32. The van der Waals surface area contributed by atoms with E-state index in [1.165, 1.54) is 38.3 Å². The van der Waals surface area contributed by atoms with Gasteiger partial charge in [0.05, 0.1) is 11.5 Å². The molecule has 1 N–H and O–H groups in total. The zero-order chi connectivity index (χ0) is 19.1. The quantitative estimate of drug-likeness (QED) is 0.632. The van der Waals surface area contributed by atoms with Crippen LogP contribution in [-0.2, 0) is 14.3 Å². The minimum Gasteiger partial charge on any atom is -0.487 e. The molecule has 140 valence electrons. The molecule has 1 aliphatic heterocycles. The number of fused-ring (bicyclic) bond motifs is 1. The third-order valence-corrected chi connectivity index (χ3v) is 5.03. The van der Waals surface area contributed by atoms with Gasteiger partial charge in [-0.25, -0.2) is 0 Å². The summed E-state index contributed by atoms with van der Waals surface area (Å²) in [4.78, 5) is 22.2. The van der Waals surface area contributed by atoms with E-state index in [-0.39, 0.29) is 18.1 Å². The second-order valence-corrected chi connectivity index (χ2v) is 6.97. The van der Waals surface area contributed by atoms with Crippen LogP contribution in [0.2, 0.25) is 0 Å². The maximum atomic E-state index is 11.5. The minimum atomic E-state index is -1.57. The van der Waals surface area contributed by atoms with Gasteiger partial charge in [0.2, 0.25) is 0 Å². The van der Waals surface area contributed by atoms with Gasteiger partial charge in [0, 0.05) is 43.7 Å². The monoisotopic (exact) mass is 363 g/mol. The minimum absolute atomic E-state index is 0.0504. The number of non-ortho nitro benzene ring substituents is 1. The first-order valence-corrected chi connectivity index (χ1v) is 8.26. The van der Waals surface area contributed by atoms with E-state index >= 15 is 0 Å². The summed E-state index contributed by atoms with van der Waals surface area (Å²) >= 11 is 0. The van der Waals surface area contributed by atoms with Crippen LogP contribution in [-0.4, -0.2) is 40.7 Å². The molecule has 26 heavy (non-hydrogen) atoms. The predicted octanol–water partition coefficient (Wildman–Crippen LogP) is 2.45. The van der Waals surface area contributed by atoms with Gasteiger partial charge < -0.3 is 19.3 Å². The molecule has 8 nitrogen and oxygen atoms in total. The molecule has 3 rings (SSSR count). The molecule has 0 saturated heterocycles. The van der Waals surface area contributed by atoms with Crippen molar-refractivity contribution >= 4 is 11.5 Å². The van der Waals surface area contributed by atoms with E-state index in [1.54, 1.807) is 6.92 Å². The van der Waals surface area contributed by atoms with Crippen molar-refractivity contribution in [1.82, 2.24) is 0 Å². The lowest BCUT2D eigenvalue weighted by atomic mass is 9.76. The molecule has 0 amide bonds. The average Bonchev–Trinajstić information content (AvgIpc) is 2.97. The Bertz CT molecular complexity index is 786. The molecule has 1 aromatic rings. The number of ketones is 1. The van der Waals surface area contributed by atoms with Crippen molar-refractivity contribution in [2.45, 2.75) is 44.0 Å². The third-order valence-electron chi connectivity index (χ3n) is 5.03. The summed E-state index contributed by atoms with van der Waals surface area (Å²) in [6, 6.07) is 4.15. The molecular formula is C18H21NO7. The summed E-state index contributed by atoms with van der Waals surface area (Å²) in [5, 5.41) is 22.4. The molecule has 8 heteroatoms. The molecule has 0 spiro atoms. The van der Waals surface area contributed by atoms with Gasteiger partial charge in [0.25, 0.3) is 5.69 Å². The Hall–Kier alpha value is -2.45. The predicted molar refractivity (Wildman–Crippen MR) is 90.8 cm³/mol. The van der Waals surface area contributed by atoms with Gasteiger partial charge in [-0.2, -0.15) is 0 Å². The molecule has 0 aromatic heterocycles. The molecule has 1 heterocycles. The van der Waals surface area contributed by atoms with Crippen LogP contribution in [0.15, 0.2) is 30.0 Å². The highest BCUT2D eigenvalue weighted by molar-refractivity contribution is 5.92. The molecule has 1 aliphatic carbocycles. The van der Waals surface area contributed by atoms with Gasteiger partial charge in [0.1, 0.15) is 17.1 Å². The van der Waals surface area contributed by atoms with E-state index in [0.717, 1.165) is 0 Å². The smallest absolute Gasteiger partial charge is 0.270 e. The maximum Gasteiger partial charge on any atom is 0.270 e. The highest BCUT2D eigenvalue weighted by Crippen LogP contribution is 2.50. The van der Waals surface area contributed by atoms with E-state index in [0.29, 0.717) is 29.9 Å². The Morgan fingerprint density at radius 2 is 2.12 bits per heavy atom. The summed E-state index contributed by atoms with van der Waals surface area (Å²) in [7, 11) is 1.49. The summed E-state index contributed by atoms with van der Waals surface area (Å²) in [5.41, 5.74) is -2.50. The van der Waals surface area contributed by atoms with Gasteiger partial charge >= 0.3 is 0 Å². The Morgan fingerprint density at radius 3 is 2.69 bits per heavy atom. The molecule has 0 fully saturated rings. The average molecular weight is 363 g/mol. The van der Waals surface area contributed by atoms with Crippen molar-refractivity contribution in [1.29, 1.82) is 0 Å². The number of nitro groups is 1. The first-order chi connectivity index (χ1) is 12.2. The number of hydrogen-bond donors (Lipinski definition) is 1. The second kappa shape index (κ2) is 6.37. The van der Waals surface area contributed by atoms with Crippen LogP contribution in [0, 0.1) is 10.1 Å². The van der Waals surface area contributed by atoms with Crippen LogP contribution in [0.3, 0.4) is 0 Å². The topological polar surface area (TPSA) is 108 Å². The fourth-order valence-corrected chi connectivity index (χ4v) is 3.32. The van der Waals surface area contributed by atoms with Crippen LogP contribution in [0.5, 0.6) is 5.75 Å². The van der Waals surface area contributed by atoms with Crippen molar-refractivity contribution in [3.8, 4) is 5.75 Å². The standard InChI is InChI=1S/C18H21NO7/c1-17(10-24-3)18(2,21)16(25-13-6-5-12(20)9-13)14-8-11(19(22)23)4-7-15(14)26-17/h4,7-9,16,21H,5-6,10H2,1-3H3. The Balaban J connectivity index is 2.10. The normalized spacial score (nSPS) is 30.4. The van der Waals surface area contributed by atoms with E-state index in [1.807, 2.05) is 0 Å². The van der Waals surface area contributed by atoms with Crippen molar-refractivity contribution in [3.05, 3.63) is 45.7 Å². The Labute approximate surface area is 150 Å². The molecule has 1 aromatic carbocycles. The number of benzene rings is 1. The number of carbonyl (C=O) groups excluding carboxylic acids is 1. The largest absolute Gasteiger partial charge is 0.487 e. The van der Waals surface area contributed by atoms with Crippen molar-refractivity contribution in [2.24, 2.45) is 0 Å². The molecule has 0 radical (unpaired) electrons. The number of hydrogen-bond acceptors (Lipinski definition) is 7. The summed E-state index contributed by atoms with van der Waals surface area (Å²) in [6.07, 6.45) is 1.22. The van der Waals surface area contributed by atoms with E-state index < -0.39 is 22.2 Å². The zero-order valence-corrected chi connectivity index (χ0v) is 14.9. The van der Waals surface area contributed by atoms with Crippen LogP contribution >= 0.6 is 0 Å². The van der Waals surface area contributed by atoms with Crippen molar-refractivity contribution in [2.75, 3.05) is 13.7 Å². The Kier molecular flexibility index (Phi) is 4.49. The third kappa shape index (κ3) is 2.95. The number of allylic oxidation sites excluding steroid dienone is 2. The highest BCUT2D eigenvalue weighted by atomic mass is 16.6. The molecule has 0 saturated carbocycles. The van der Waals surface area contributed by atoms with E-state index in [4.69, 9.17) is 14.2 Å². The lowest BCUT2D eigenvalue weighted by Gasteiger charge is -2.50. The molecule has 3 unspecified atom stereocenters. The molecule has 0 bridgehead atoms. The van der Waals surface area contributed by atoms with Crippen LogP contribution in [0.25, 0.3) is 0 Å². The zero-order valence-electron chi connectivity index (χ0n) is 14.9. The number of carbonyl (C=O) groups is 1. The molecular weight excluding hydrogens is 342 g/mol. The number of nitrogens with zero attached hydrogens (tertiary/aromatic N) is 1. The van der Waals surface area contributed by atoms with Gasteiger partial charge in [-0.15, -0.1) is 0 Å². The van der Waals surface area contributed by atoms with E-state index in [9.17, 15) is 20.0 Å². The van der Waals surface area contributed by atoms with Crippen molar-refractivity contribution < 1.29 is 29.0 Å². The Morgan fingerprint density at radius 1 is 1.38 bits per heavy atom. The SMILES string of the molecule is COCC1(C)Oc2ccc([N+](=O)[O-])cc2C(OC2=CC(=O)CC2)C1(C)O. The summed E-state index contributed by atoms with van der Waals surface area (Å²) in [6.45, 7) is 3.30. The number of rotatable bonds is 5. The number of methoxy groups -OCH3 is 1. The van der Waals surface area contributed by atoms with E-state index in [2.05, 4.69) is 0 Å². The number of aliphatic hydroxyl groups is 1. The maximum absolute atomic E-state index is 11.5.